The van der Waals surface area contributed by atoms with Gasteiger partial charge in [-0.25, -0.2) is 0 Å². The van der Waals surface area contributed by atoms with Crippen molar-refractivity contribution in [3.8, 4) is 0 Å². The Bertz CT molecular complexity index is 64.1. The average Bonchev–Trinajstić information content (AvgIpc) is 1.72. The lowest BCUT2D eigenvalue weighted by atomic mass is 10.5. The number of aliphatic hydroxyl groups excluding tert-OH is 2. The lowest BCUT2D eigenvalue weighted by Crippen LogP contribution is -2.08. The van der Waals surface area contributed by atoms with Crippen molar-refractivity contribution in [3.63, 3.8) is 0 Å². The Morgan fingerprint density at radius 1 is 1.86 bits per heavy atom. The van der Waals surface area contributed by atoms with Gasteiger partial charge in [0.1, 0.15) is 6.26 Å². The lowest BCUT2D eigenvalue weighted by molar-refractivity contribution is 0.315. The number of aliphatic hydroxyl groups is 2. The molecule has 0 aromatic rings. The summed E-state index contributed by atoms with van der Waals surface area (Å²) in [5.41, 5.74) is 0.417. The molecule has 0 bridgehead atoms. The summed E-state index contributed by atoms with van der Waals surface area (Å²) >= 11 is 0. The molecule has 0 saturated heterocycles. The van der Waals surface area contributed by atoms with Crippen LogP contribution in [0, 0.1) is 0 Å². The van der Waals surface area contributed by atoms with E-state index in [1.165, 1.54) is 0 Å². The minimum atomic E-state index is -0.146. The highest BCUT2D eigenvalue weighted by Crippen LogP contribution is 1.78. The number of likely N-dealkylation sites (N-methyl/N-ethyl adjacent to an activating group) is 1. The molecule has 0 heterocycles. The predicted octanol–water partition coefficient (Wildman–Crippen LogP) is -0.402. The standard InChI is InChI=1S/C4H9NO2/c1-5-4(2-6)3-7/h2,5-7H,3H2,1H3/b4-2-. The molecule has 0 saturated carbocycles. The van der Waals surface area contributed by atoms with Gasteiger partial charge in [-0.1, -0.05) is 0 Å². The van der Waals surface area contributed by atoms with E-state index in [9.17, 15) is 0 Å². The molecule has 0 amide bonds. The minimum absolute atomic E-state index is 0.146. The molecule has 0 rings (SSSR count). The van der Waals surface area contributed by atoms with Gasteiger partial charge >= 0.3 is 0 Å². The normalized spacial score (nSPS) is 11.4. The lowest BCUT2D eigenvalue weighted by Gasteiger charge is -1.95. The van der Waals surface area contributed by atoms with E-state index in [0.29, 0.717) is 5.70 Å². The fourth-order valence-electron chi connectivity index (χ4n) is 0.184. The highest BCUT2D eigenvalue weighted by Gasteiger charge is 1.83. The third-order valence-electron chi connectivity index (χ3n) is 0.647. The first-order valence-electron chi connectivity index (χ1n) is 1.97. The van der Waals surface area contributed by atoms with Gasteiger partial charge in [-0.3, -0.25) is 0 Å². The zero-order chi connectivity index (χ0) is 5.70. The summed E-state index contributed by atoms with van der Waals surface area (Å²) < 4.78 is 0. The molecule has 0 aromatic carbocycles. The molecule has 0 radical (unpaired) electrons. The van der Waals surface area contributed by atoms with Crippen molar-refractivity contribution in [1.82, 2.24) is 5.32 Å². The SMILES string of the molecule is CN/C(=C\O)CO. The maximum Gasteiger partial charge on any atom is 0.100 e. The number of hydrogen-bond donors (Lipinski definition) is 3. The van der Waals surface area contributed by atoms with Gasteiger partial charge in [0.25, 0.3) is 0 Å². The maximum absolute atomic E-state index is 8.24. The van der Waals surface area contributed by atoms with Crippen LogP contribution < -0.4 is 5.32 Å². The second-order valence-electron chi connectivity index (χ2n) is 1.06. The first-order valence-corrected chi connectivity index (χ1v) is 1.97. The van der Waals surface area contributed by atoms with E-state index in [0.717, 1.165) is 6.26 Å². The molecule has 3 N–H and O–H groups in total. The van der Waals surface area contributed by atoms with Crippen molar-refractivity contribution in [2.24, 2.45) is 0 Å². The molecule has 7 heavy (non-hydrogen) atoms. The molecule has 0 aliphatic heterocycles. The summed E-state index contributed by atoms with van der Waals surface area (Å²) in [5, 5.41) is 18.9. The van der Waals surface area contributed by atoms with E-state index in [4.69, 9.17) is 10.2 Å². The van der Waals surface area contributed by atoms with Gasteiger partial charge in [-0.05, 0) is 0 Å². The summed E-state index contributed by atoms with van der Waals surface area (Å²) in [6.45, 7) is -0.146. The van der Waals surface area contributed by atoms with Gasteiger partial charge in [0.2, 0.25) is 0 Å². The molecule has 0 spiro atoms. The van der Waals surface area contributed by atoms with Crippen LogP contribution in [0.25, 0.3) is 0 Å². The highest BCUT2D eigenvalue weighted by molar-refractivity contribution is 4.91. The van der Waals surface area contributed by atoms with Crippen molar-refractivity contribution < 1.29 is 10.2 Å². The molecule has 0 unspecified atom stereocenters. The first kappa shape index (κ1) is 6.30. The molecule has 0 aliphatic carbocycles. The van der Waals surface area contributed by atoms with Crippen molar-refractivity contribution in [1.29, 1.82) is 0 Å². The van der Waals surface area contributed by atoms with Crippen LogP contribution in [-0.2, 0) is 0 Å². The summed E-state index contributed by atoms with van der Waals surface area (Å²) in [6, 6.07) is 0. The Labute approximate surface area is 42.3 Å². The molecular formula is C4H9NO2. The summed E-state index contributed by atoms with van der Waals surface area (Å²) in [5.74, 6) is 0. The van der Waals surface area contributed by atoms with E-state index in [1.807, 2.05) is 0 Å². The Balaban J connectivity index is 3.38. The van der Waals surface area contributed by atoms with Gasteiger partial charge in [0, 0.05) is 7.05 Å². The van der Waals surface area contributed by atoms with Gasteiger partial charge in [-0.2, -0.15) is 0 Å². The van der Waals surface area contributed by atoms with Crippen LogP contribution in [0.5, 0.6) is 0 Å². The van der Waals surface area contributed by atoms with Crippen molar-refractivity contribution in [3.05, 3.63) is 12.0 Å². The van der Waals surface area contributed by atoms with Gasteiger partial charge in [0.05, 0.1) is 12.3 Å². The van der Waals surface area contributed by atoms with Crippen LogP contribution in [0.3, 0.4) is 0 Å². The zero-order valence-corrected chi connectivity index (χ0v) is 4.18. The molecular weight excluding hydrogens is 94.0 g/mol. The smallest absolute Gasteiger partial charge is 0.100 e. The van der Waals surface area contributed by atoms with Crippen LogP contribution in [0.4, 0.5) is 0 Å². The highest BCUT2D eigenvalue weighted by atomic mass is 16.3. The van der Waals surface area contributed by atoms with Gasteiger partial charge in [-0.15, -0.1) is 0 Å². The molecule has 0 aliphatic rings. The van der Waals surface area contributed by atoms with Crippen LogP contribution >= 0.6 is 0 Å². The maximum atomic E-state index is 8.24. The summed E-state index contributed by atoms with van der Waals surface area (Å²) in [7, 11) is 1.62. The number of hydrogen-bond acceptors (Lipinski definition) is 3. The summed E-state index contributed by atoms with van der Waals surface area (Å²) in [4.78, 5) is 0. The second-order valence-corrected chi connectivity index (χ2v) is 1.06. The van der Waals surface area contributed by atoms with Gasteiger partial charge in [0.15, 0.2) is 0 Å². The van der Waals surface area contributed by atoms with Crippen molar-refractivity contribution in [2.75, 3.05) is 13.7 Å². The van der Waals surface area contributed by atoms with Crippen molar-refractivity contribution in [2.45, 2.75) is 0 Å². The average molecular weight is 103 g/mol. The minimum Gasteiger partial charge on any atom is -0.514 e. The molecule has 3 nitrogen and oxygen atoms in total. The Hall–Kier alpha value is -0.700. The van der Waals surface area contributed by atoms with Gasteiger partial charge < -0.3 is 15.5 Å². The third-order valence-corrected chi connectivity index (χ3v) is 0.647. The van der Waals surface area contributed by atoms with Crippen molar-refractivity contribution >= 4 is 0 Å². The Morgan fingerprint density at radius 3 is 2.43 bits per heavy atom. The van der Waals surface area contributed by atoms with Crippen LogP contribution in [0.2, 0.25) is 0 Å². The summed E-state index contributed by atoms with van der Waals surface area (Å²) in [6.07, 6.45) is 0.833. The van der Waals surface area contributed by atoms with E-state index >= 15 is 0 Å². The molecule has 0 atom stereocenters. The van der Waals surface area contributed by atoms with Crippen LogP contribution in [-0.4, -0.2) is 23.9 Å². The third kappa shape index (κ3) is 2.05. The Kier molecular flexibility index (Phi) is 3.14. The molecule has 0 aromatic heterocycles. The zero-order valence-electron chi connectivity index (χ0n) is 4.18. The van der Waals surface area contributed by atoms with E-state index < -0.39 is 0 Å². The number of rotatable bonds is 2. The fraction of sp³-hybridized carbons (Fsp3) is 0.500. The van der Waals surface area contributed by atoms with Crippen LogP contribution in [0.1, 0.15) is 0 Å². The predicted molar refractivity (Wildman–Crippen MR) is 26.9 cm³/mol. The fourth-order valence-corrected chi connectivity index (χ4v) is 0.184. The largest absolute Gasteiger partial charge is 0.514 e. The Morgan fingerprint density at radius 2 is 2.43 bits per heavy atom. The monoisotopic (exact) mass is 103 g/mol. The first-order chi connectivity index (χ1) is 3.35. The van der Waals surface area contributed by atoms with Crippen LogP contribution in [0.15, 0.2) is 12.0 Å². The quantitative estimate of drug-likeness (QED) is 0.417. The number of nitrogens with one attached hydrogen (secondary N) is 1. The molecule has 0 fully saturated rings. The van der Waals surface area contributed by atoms with E-state index in [1.54, 1.807) is 7.05 Å². The second kappa shape index (κ2) is 3.49. The van der Waals surface area contributed by atoms with E-state index in [-0.39, 0.29) is 6.61 Å². The molecule has 3 heteroatoms. The topological polar surface area (TPSA) is 52.5 Å². The van der Waals surface area contributed by atoms with E-state index in [2.05, 4.69) is 5.32 Å². The molecule has 42 valence electrons.